The van der Waals surface area contributed by atoms with Gasteiger partial charge in [0.1, 0.15) is 12.2 Å². The number of aromatic nitrogens is 7. The molecule has 2 N–H and O–H groups in total. The van der Waals surface area contributed by atoms with Crippen molar-refractivity contribution in [3.63, 3.8) is 0 Å². The van der Waals surface area contributed by atoms with Gasteiger partial charge in [-0.2, -0.15) is 4.68 Å². The fourth-order valence-electron chi connectivity index (χ4n) is 5.17. The van der Waals surface area contributed by atoms with Crippen LogP contribution in [0.15, 0.2) is 43.0 Å². The van der Waals surface area contributed by atoms with Crippen LogP contribution in [0.3, 0.4) is 0 Å². The molecule has 6 rings (SSSR count). The summed E-state index contributed by atoms with van der Waals surface area (Å²) in [5.41, 5.74) is 1.93. The number of pyridine rings is 1. The number of hydrogen-bond acceptors (Lipinski definition) is 7. The van der Waals surface area contributed by atoms with Gasteiger partial charge < -0.3 is 15.2 Å². The summed E-state index contributed by atoms with van der Waals surface area (Å²) in [4.78, 5) is 26.8. The lowest BCUT2D eigenvalue weighted by atomic mass is 9.92. The molecule has 0 aliphatic carbocycles. The van der Waals surface area contributed by atoms with E-state index in [0.29, 0.717) is 47.6 Å². The quantitative estimate of drug-likeness (QED) is 0.407. The molecule has 2 aliphatic rings. The number of H-pyrrole nitrogens is 1. The van der Waals surface area contributed by atoms with Crippen molar-refractivity contribution in [3.8, 4) is 16.9 Å². The van der Waals surface area contributed by atoms with Crippen LogP contribution in [0, 0.1) is 11.6 Å². The topological polar surface area (TPSA) is 118 Å². The molecule has 0 spiro atoms. The van der Waals surface area contributed by atoms with E-state index in [1.54, 1.807) is 30.3 Å². The first-order chi connectivity index (χ1) is 18.0. The molecule has 1 aromatic carbocycles. The minimum Gasteiger partial charge on any atom is -0.371 e. The number of carbonyl (C=O) groups is 1. The molecule has 13 heteroatoms. The highest BCUT2D eigenvalue weighted by atomic mass is 35.5. The third-order valence-electron chi connectivity index (χ3n) is 6.83. The van der Waals surface area contributed by atoms with E-state index in [4.69, 9.17) is 11.6 Å². The first-order valence-corrected chi connectivity index (χ1v) is 12.0. The second kappa shape index (κ2) is 9.04. The largest absolute Gasteiger partial charge is 0.371 e. The number of benzene rings is 1. The molecular formula is C24H20ClF2N9O. The number of rotatable bonds is 5. The Morgan fingerprint density at radius 1 is 1.16 bits per heavy atom. The summed E-state index contributed by atoms with van der Waals surface area (Å²) in [6.07, 6.45) is 7.62. The van der Waals surface area contributed by atoms with Crippen LogP contribution in [-0.4, -0.2) is 59.1 Å². The average molecular weight is 524 g/mol. The number of tetrazole rings is 1. The predicted octanol–water partition coefficient (Wildman–Crippen LogP) is 3.94. The highest BCUT2D eigenvalue weighted by Gasteiger charge is 2.42. The summed E-state index contributed by atoms with van der Waals surface area (Å²) < 4.78 is 31.4. The zero-order valence-corrected chi connectivity index (χ0v) is 20.2. The maximum Gasteiger partial charge on any atom is 0.247 e. The third-order valence-corrected chi connectivity index (χ3v) is 7.12. The second-order valence-electron chi connectivity index (χ2n) is 8.83. The molecule has 3 aromatic heterocycles. The van der Waals surface area contributed by atoms with Crippen LogP contribution >= 0.6 is 11.6 Å². The van der Waals surface area contributed by atoms with E-state index < -0.39 is 11.6 Å². The summed E-state index contributed by atoms with van der Waals surface area (Å²) in [7, 11) is 1.59. The molecule has 1 saturated heterocycles. The van der Waals surface area contributed by atoms with Crippen molar-refractivity contribution >= 4 is 28.9 Å². The van der Waals surface area contributed by atoms with E-state index in [9.17, 15) is 9.18 Å². The number of anilines is 1. The van der Waals surface area contributed by atoms with Gasteiger partial charge in [-0.25, -0.2) is 18.7 Å². The number of nitrogens with zero attached hydrogens (tertiary/aromatic N) is 7. The molecule has 5 heterocycles. The van der Waals surface area contributed by atoms with Gasteiger partial charge in [-0.05, 0) is 53.5 Å². The molecule has 10 nitrogen and oxygen atoms in total. The normalized spacial score (nSPS) is 19.2. The van der Waals surface area contributed by atoms with Gasteiger partial charge >= 0.3 is 0 Å². The van der Waals surface area contributed by atoms with E-state index >= 15 is 4.39 Å². The minimum atomic E-state index is -0.632. The van der Waals surface area contributed by atoms with Crippen molar-refractivity contribution in [2.75, 3.05) is 12.4 Å². The summed E-state index contributed by atoms with van der Waals surface area (Å²) >= 11 is 6.09. The number of hydrogen-bond donors (Lipinski definition) is 2. The van der Waals surface area contributed by atoms with Gasteiger partial charge in [-0.3, -0.25) is 4.79 Å². The molecular weight excluding hydrogens is 504 g/mol. The predicted molar refractivity (Wildman–Crippen MR) is 131 cm³/mol. The Morgan fingerprint density at radius 3 is 2.81 bits per heavy atom. The molecule has 0 saturated carbocycles. The molecule has 0 bridgehead atoms. The van der Waals surface area contributed by atoms with Gasteiger partial charge in [0.15, 0.2) is 17.5 Å². The molecule has 188 valence electrons. The number of nitrogens with one attached hydrogen (secondary N) is 2. The second-order valence-corrected chi connectivity index (χ2v) is 9.24. The van der Waals surface area contributed by atoms with Crippen LogP contribution in [0.4, 0.5) is 14.6 Å². The smallest absolute Gasteiger partial charge is 0.247 e. The Kier molecular flexibility index (Phi) is 5.67. The molecule has 2 atom stereocenters. The maximum atomic E-state index is 15.3. The number of amides is 1. The summed E-state index contributed by atoms with van der Waals surface area (Å²) in [5.74, 6) is -0.692. The van der Waals surface area contributed by atoms with Crippen molar-refractivity contribution in [2.45, 2.75) is 31.3 Å². The van der Waals surface area contributed by atoms with Gasteiger partial charge in [-0.1, -0.05) is 11.6 Å². The van der Waals surface area contributed by atoms with E-state index in [2.05, 4.69) is 35.8 Å². The van der Waals surface area contributed by atoms with E-state index in [-0.39, 0.29) is 34.4 Å². The van der Waals surface area contributed by atoms with E-state index in [0.717, 1.165) is 0 Å². The lowest BCUT2D eigenvalue weighted by Gasteiger charge is -2.33. The Hall–Kier alpha value is -4.19. The lowest BCUT2D eigenvalue weighted by Crippen LogP contribution is -2.39. The Bertz CT molecular complexity index is 1540. The highest BCUT2D eigenvalue weighted by Crippen LogP contribution is 2.44. The lowest BCUT2D eigenvalue weighted by molar-refractivity contribution is -0.129. The summed E-state index contributed by atoms with van der Waals surface area (Å²) in [5, 5.41) is 13.8. The van der Waals surface area contributed by atoms with Crippen LogP contribution in [0.5, 0.6) is 0 Å². The Balaban J connectivity index is 1.33. The first kappa shape index (κ1) is 23.2. The van der Waals surface area contributed by atoms with Gasteiger partial charge in [0.2, 0.25) is 5.91 Å². The van der Waals surface area contributed by atoms with Crippen LogP contribution < -0.4 is 5.32 Å². The molecule has 37 heavy (non-hydrogen) atoms. The monoisotopic (exact) mass is 523 g/mol. The van der Waals surface area contributed by atoms with Crippen molar-refractivity contribution in [2.24, 2.45) is 0 Å². The van der Waals surface area contributed by atoms with Crippen LogP contribution in [0.25, 0.3) is 22.5 Å². The molecule has 1 amide bonds. The molecule has 2 aliphatic heterocycles. The van der Waals surface area contributed by atoms with E-state index in [1.165, 1.54) is 29.3 Å². The number of aromatic amines is 1. The maximum absolute atomic E-state index is 15.3. The zero-order valence-electron chi connectivity index (χ0n) is 19.5. The average Bonchev–Trinajstić information content (AvgIpc) is 3.66. The van der Waals surface area contributed by atoms with Crippen molar-refractivity contribution in [3.05, 3.63) is 71.0 Å². The van der Waals surface area contributed by atoms with Crippen molar-refractivity contribution in [1.29, 1.82) is 0 Å². The van der Waals surface area contributed by atoms with Crippen LogP contribution in [-0.2, 0) is 4.79 Å². The Labute approximate surface area is 214 Å². The number of halogens is 3. The van der Waals surface area contributed by atoms with Gasteiger partial charge in [0.05, 0.1) is 28.6 Å². The number of fused-ring (bicyclic) bond motifs is 1. The fourth-order valence-corrected chi connectivity index (χ4v) is 5.33. The van der Waals surface area contributed by atoms with Gasteiger partial charge in [0.25, 0.3) is 0 Å². The van der Waals surface area contributed by atoms with Gasteiger partial charge in [0, 0.05) is 36.5 Å². The Morgan fingerprint density at radius 2 is 2.03 bits per heavy atom. The van der Waals surface area contributed by atoms with Crippen molar-refractivity contribution < 1.29 is 13.6 Å². The first-order valence-electron chi connectivity index (χ1n) is 11.6. The van der Waals surface area contributed by atoms with Gasteiger partial charge in [-0.15, -0.1) is 5.10 Å². The standard InChI is InChI=1S/C24H20ClF2N9O/c1-28-24-21(26)14(6-7-29-24)16-10-30-23(32-16)18-4-2-13-8-12(9-19(37)36(13)18)20-17(35-11-31-33-34-35)5-3-15(25)22(20)27/h3,5-7,9-11,13,18H,2,4,8H2,1H3,(H,28,29)(H,30,32)/t13-,18?/m0/s1. The highest BCUT2D eigenvalue weighted by molar-refractivity contribution is 6.31. The summed E-state index contributed by atoms with van der Waals surface area (Å²) in [6.45, 7) is 0. The molecule has 4 aromatic rings. The third kappa shape index (κ3) is 3.84. The number of imidazole rings is 1. The SMILES string of the molecule is CNc1nccc(-c2cnc(C3CC[C@H]4CC(c5c(-n6cnnn6)ccc(Cl)c5F)=CC(=O)N34)[nH]2)c1F. The van der Waals surface area contributed by atoms with Crippen LogP contribution in [0.1, 0.15) is 36.7 Å². The minimum absolute atomic E-state index is 0.0557. The zero-order chi connectivity index (χ0) is 25.7. The molecule has 1 fully saturated rings. The van der Waals surface area contributed by atoms with Crippen molar-refractivity contribution in [1.82, 2.24) is 40.1 Å². The fraction of sp³-hybridized carbons (Fsp3) is 0.250. The molecule has 0 radical (unpaired) electrons. The summed E-state index contributed by atoms with van der Waals surface area (Å²) in [6, 6.07) is 4.13. The van der Waals surface area contributed by atoms with Crippen LogP contribution in [0.2, 0.25) is 5.02 Å². The number of carbonyl (C=O) groups excluding carboxylic acids is 1. The van der Waals surface area contributed by atoms with E-state index in [1.807, 2.05) is 0 Å². The molecule has 1 unspecified atom stereocenters.